The van der Waals surface area contributed by atoms with E-state index < -0.39 is 0 Å². The monoisotopic (exact) mass is 532 g/mol. The van der Waals surface area contributed by atoms with Crippen LogP contribution in [-0.2, 0) is 0 Å². The molecule has 186 valence electrons. The Morgan fingerprint density at radius 1 is 0.921 bits per heavy atom. The number of amides is 1. The highest BCUT2D eigenvalue weighted by Gasteiger charge is 2.17. The Bertz CT molecular complexity index is 1800. The van der Waals surface area contributed by atoms with Crippen molar-refractivity contribution in [1.29, 1.82) is 5.41 Å². The maximum absolute atomic E-state index is 13.3. The van der Waals surface area contributed by atoms with Crippen LogP contribution in [0.25, 0.3) is 41.3 Å². The third-order valence-corrected chi connectivity index (χ3v) is 8.68. The van der Waals surface area contributed by atoms with E-state index in [1.54, 1.807) is 28.7 Å². The van der Waals surface area contributed by atoms with Crippen molar-refractivity contribution < 1.29 is 4.79 Å². The third-order valence-electron chi connectivity index (χ3n) is 6.46. The number of rotatable bonds is 6. The van der Waals surface area contributed by atoms with Crippen LogP contribution in [-0.4, -0.2) is 24.2 Å². The molecule has 2 heterocycles. The maximum atomic E-state index is 13.3. The number of fused-ring (bicyclic) bond motifs is 2. The highest BCUT2D eigenvalue weighted by molar-refractivity contribution is 7.22. The lowest BCUT2D eigenvalue weighted by molar-refractivity contribution is 0.102. The molecule has 4 aromatic carbocycles. The fraction of sp³-hybridized carbons (Fsp3) is 0.0645. The molecule has 6 rings (SSSR count). The van der Waals surface area contributed by atoms with E-state index in [1.165, 1.54) is 21.2 Å². The van der Waals surface area contributed by atoms with Crippen molar-refractivity contribution >= 4 is 66.5 Å². The Morgan fingerprint density at radius 2 is 1.74 bits per heavy atom. The Labute approximate surface area is 228 Å². The molecule has 2 aromatic heterocycles. The summed E-state index contributed by atoms with van der Waals surface area (Å²) < 4.78 is 2.35. The molecule has 0 aliphatic carbocycles. The Morgan fingerprint density at radius 3 is 2.50 bits per heavy atom. The average Bonchev–Trinajstić information content (AvgIpc) is 3.56. The molecule has 3 N–H and O–H groups in total. The fourth-order valence-electron chi connectivity index (χ4n) is 4.55. The predicted octanol–water partition coefficient (Wildman–Crippen LogP) is 8.45. The number of carbonyl (C=O) groups excluding carboxylic acids is 1. The second-order valence-electron chi connectivity index (χ2n) is 9.05. The zero-order valence-corrected chi connectivity index (χ0v) is 22.5. The second kappa shape index (κ2) is 9.85. The summed E-state index contributed by atoms with van der Waals surface area (Å²) in [6.45, 7) is 2.08. The predicted molar refractivity (Wildman–Crippen MR) is 162 cm³/mol. The van der Waals surface area contributed by atoms with Crippen molar-refractivity contribution in [3.05, 3.63) is 102 Å². The van der Waals surface area contributed by atoms with Gasteiger partial charge in [-0.3, -0.25) is 4.79 Å². The number of aryl methyl sites for hydroxylation is 1. The quantitative estimate of drug-likeness (QED) is 0.188. The van der Waals surface area contributed by atoms with Gasteiger partial charge < -0.3 is 16.0 Å². The van der Waals surface area contributed by atoms with Gasteiger partial charge in [-0.25, -0.2) is 4.98 Å². The van der Waals surface area contributed by atoms with Crippen LogP contribution in [0.15, 0.2) is 84.9 Å². The zero-order valence-electron chi connectivity index (χ0n) is 20.8. The van der Waals surface area contributed by atoms with Gasteiger partial charge in [0, 0.05) is 50.8 Å². The molecule has 0 saturated carbocycles. The van der Waals surface area contributed by atoms with E-state index in [0.717, 1.165) is 37.6 Å². The number of hydrogen-bond acceptors (Lipinski definition) is 6. The second-order valence-corrected chi connectivity index (χ2v) is 11.2. The van der Waals surface area contributed by atoms with Crippen LogP contribution < -0.4 is 10.6 Å². The lowest BCUT2D eigenvalue weighted by Gasteiger charge is -2.14. The van der Waals surface area contributed by atoms with Crippen LogP contribution in [0, 0.1) is 12.3 Å². The van der Waals surface area contributed by atoms with Crippen molar-refractivity contribution in [3.63, 3.8) is 0 Å². The van der Waals surface area contributed by atoms with Gasteiger partial charge in [-0.05, 0) is 78.5 Å². The number of hydrogen-bond donors (Lipinski definition) is 3. The number of aromatic nitrogens is 1. The number of anilines is 2. The van der Waals surface area contributed by atoms with E-state index in [0.29, 0.717) is 16.8 Å². The minimum absolute atomic E-state index is 0.221. The SMILES string of the molecule is CNc1c(C=N)cc(C(=O)Nc2ccc(-c3nc4ccc(C)cc4s3)cc2)cc1-c1cc2ccccc2s1. The first-order valence-electron chi connectivity index (χ1n) is 12.2. The molecule has 6 aromatic rings. The maximum Gasteiger partial charge on any atom is 0.255 e. The molecule has 0 spiro atoms. The van der Waals surface area contributed by atoms with E-state index in [4.69, 9.17) is 10.4 Å². The van der Waals surface area contributed by atoms with Crippen LogP contribution in [0.4, 0.5) is 11.4 Å². The molecular weight excluding hydrogens is 509 g/mol. The van der Waals surface area contributed by atoms with E-state index >= 15 is 0 Å². The van der Waals surface area contributed by atoms with Crippen molar-refractivity contribution in [2.75, 3.05) is 17.7 Å². The average molecular weight is 533 g/mol. The molecule has 0 aliphatic heterocycles. The molecule has 5 nitrogen and oxygen atoms in total. The summed E-state index contributed by atoms with van der Waals surface area (Å²) in [5.74, 6) is -0.221. The molecule has 1 amide bonds. The van der Waals surface area contributed by atoms with Gasteiger partial charge in [-0.2, -0.15) is 0 Å². The third kappa shape index (κ3) is 4.47. The lowest BCUT2D eigenvalue weighted by atomic mass is 10.0. The van der Waals surface area contributed by atoms with Crippen molar-refractivity contribution in [1.82, 2.24) is 4.98 Å². The molecule has 0 radical (unpaired) electrons. The first kappa shape index (κ1) is 24.0. The summed E-state index contributed by atoms with van der Waals surface area (Å²) in [7, 11) is 1.84. The van der Waals surface area contributed by atoms with Gasteiger partial charge >= 0.3 is 0 Å². The molecule has 0 atom stereocenters. The molecule has 0 saturated heterocycles. The first-order valence-corrected chi connectivity index (χ1v) is 13.8. The van der Waals surface area contributed by atoms with E-state index in [-0.39, 0.29) is 5.91 Å². The van der Waals surface area contributed by atoms with Gasteiger partial charge in [-0.15, -0.1) is 22.7 Å². The molecule has 38 heavy (non-hydrogen) atoms. The smallest absolute Gasteiger partial charge is 0.255 e. The van der Waals surface area contributed by atoms with Crippen molar-refractivity contribution in [3.8, 4) is 21.0 Å². The van der Waals surface area contributed by atoms with E-state index in [2.05, 4.69) is 47.9 Å². The number of nitrogens with one attached hydrogen (secondary N) is 3. The standard InChI is InChI=1S/C31H24N4OS2/c1-18-7-12-25-28(13-18)38-31(35-25)19-8-10-23(11-9-19)34-30(36)21-14-22(17-32)29(33-2)24(15-21)27-16-20-5-3-4-6-26(20)37-27/h3-17,32-33H,1-2H3,(H,34,36). The van der Waals surface area contributed by atoms with E-state index in [1.807, 2.05) is 55.6 Å². The molecule has 0 unspecified atom stereocenters. The normalized spacial score (nSPS) is 11.1. The Hall–Kier alpha value is -4.33. The van der Waals surface area contributed by atoms with Gasteiger partial charge in [0.25, 0.3) is 5.91 Å². The van der Waals surface area contributed by atoms with Crippen LogP contribution in [0.1, 0.15) is 21.5 Å². The topological polar surface area (TPSA) is 77.9 Å². The van der Waals surface area contributed by atoms with Crippen LogP contribution in [0.2, 0.25) is 0 Å². The van der Waals surface area contributed by atoms with Gasteiger partial charge in [0.15, 0.2) is 0 Å². The first-order chi connectivity index (χ1) is 18.5. The number of thiophene rings is 1. The lowest BCUT2D eigenvalue weighted by Crippen LogP contribution is -2.13. The van der Waals surface area contributed by atoms with Crippen molar-refractivity contribution in [2.45, 2.75) is 6.92 Å². The Kier molecular flexibility index (Phi) is 6.23. The van der Waals surface area contributed by atoms with Crippen molar-refractivity contribution in [2.24, 2.45) is 0 Å². The molecule has 7 heteroatoms. The summed E-state index contributed by atoms with van der Waals surface area (Å²) >= 11 is 3.34. The van der Waals surface area contributed by atoms with Gasteiger partial charge in [-0.1, -0.05) is 24.3 Å². The van der Waals surface area contributed by atoms with Gasteiger partial charge in [0.05, 0.1) is 15.9 Å². The summed E-state index contributed by atoms with van der Waals surface area (Å²) in [5, 5.41) is 16.3. The van der Waals surface area contributed by atoms with E-state index in [9.17, 15) is 4.79 Å². The highest BCUT2D eigenvalue weighted by Crippen LogP contribution is 2.39. The number of nitrogens with zero attached hydrogens (tertiary/aromatic N) is 1. The van der Waals surface area contributed by atoms with Crippen LogP contribution in [0.3, 0.4) is 0 Å². The minimum Gasteiger partial charge on any atom is -0.387 e. The molecule has 0 aliphatic rings. The summed E-state index contributed by atoms with van der Waals surface area (Å²) in [6, 6.07) is 28.0. The van der Waals surface area contributed by atoms with Gasteiger partial charge in [0.2, 0.25) is 0 Å². The number of carbonyl (C=O) groups is 1. The number of thiazole rings is 1. The number of benzene rings is 4. The highest BCUT2D eigenvalue weighted by atomic mass is 32.1. The Balaban J connectivity index is 1.29. The fourth-order valence-corrected chi connectivity index (χ4v) is 6.71. The zero-order chi connectivity index (χ0) is 26.2. The summed E-state index contributed by atoms with van der Waals surface area (Å²) in [6.07, 6.45) is 1.29. The summed E-state index contributed by atoms with van der Waals surface area (Å²) in [4.78, 5) is 19.1. The van der Waals surface area contributed by atoms with Gasteiger partial charge in [0.1, 0.15) is 5.01 Å². The minimum atomic E-state index is -0.221. The molecule has 0 bridgehead atoms. The van der Waals surface area contributed by atoms with Crippen LogP contribution >= 0.6 is 22.7 Å². The molecular formula is C31H24N4OS2. The summed E-state index contributed by atoms with van der Waals surface area (Å²) in [5.41, 5.74) is 6.82. The largest absolute Gasteiger partial charge is 0.387 e. The molecule has 0 fully saturated rings. The van der Waals surface area contributed by atoms with Crippen LogP contribution in [0.5, 0.6) is 0 Å².